The normalized spacial score (nSPS) is 15.0. The molecule has 20 N–H and O–H groups in total. The van der Waals surface area contributed by atoms with Crippen molar-refractivity contribution in [3.63, 3.8) is 0 Å². The van der Waals surface area contributed by atoms with Crippen molar-refractivity contribution in [1.82, 2.24) is 68.4 Å². The average Bonchev–Trinajstić information content (AvgIpc) is 1.51. The number of aromatic nitrogens is 1. The molecule has 1 aliphatic rings. The lowest BCUT2D eigenvalue weighted by molar-refractivity contribution is -0.142. The molecule has 1 fully saturated rings. The van der Waals surface area contributed by atoms with Crippen molar-refractivity contribution >= 4 is 105 Å². The van der Waals surface area contributed by atoms with E-state index in [9.17, 15) is 62.6 Å². The largest absolute Gasteiger partial charge is 0.497 e. The zero-order valence-electron chi connectivity index (χ0n) is 59.9. The molecular formula is C73H97ClN18O14. The van der Waals surface area contributed by atoms with Crippen LogP contribution in [0.2, 0.25) is 5.02 Å². The third-order valence-corrected chi connectivity index (χ3v) is 17.7. The van der Waals surface area contributed by atoms with Crippen LogP contribution in [0, 0.1) is 16.7 Å². The summed E-state index contributed by atoms with van der Waals surface area (Å²) in [5, 5.41) is 57.5. The Morgan fingerprint density at radius 3 is 1.63 bits per heavy atom. The molecule has 0 radical (unpaired) electrons. The Hall–Kier alpha value is -11.3. The topological polar surface area (TPSA) is 509 Å². The molecule has 32 nitrogen and oxygen atoms in total. The first-order valence-corrected chi connectivity index (χ1v) is 35.2. The molecule has 10 atom stereocenters. The summed E-state index contributed by atoms with van der Waals surface area (Å²) in [6, 6.07) is 14.6. The third-order valence-electron chi connectivity index (χ3n) is 17.4. The quantitative estimate of drug-likeness (QED) is 0.0106. The van der Waals surface area contributed by atoms with Crippen LogP contribution >= 0.6 is 11.6 Å². The van der Waals surface area contributed by atoms with Crippen molar-refractivity contribution in [1.29, 1.82) is 10.8 Å². The van der Waals surface area contributed by atoms with E-state index in [0.29, 0.717) is 33.9 Å². The highest BCUT2D eigenvalue weighted by atomic mass is 35.5. The fraction of sp³-hybridized carbons (Fsp3) is 0.438. The van der Waals surface area contributed by atoms with E-state index in [1.54, 1.807) is 62.4 Å². The Morgan fingerprint density at radius 2 is 1.08 bits per heavy atom. The molecule has 570 valence electrons. The van der Waals surface area contributed by atoms with Crippen molar-refractivity contribution in [2.24, 2.45) is 23.1 Å². The fourth-order valence-corrected chi connectivity index (χ4v) is 11.9. The van der Waals surface area contributed by atoms with Crippen molar-refractivity contribution in [3.05, 3.63) is 143 Å². The van der Waals surface area contributed by atoms with Gasteiger partial charge in [0.05, 0.1) is 13.7 Å². The maximum atomic E-state index is 14.9. The lowest BCUT2D eigenvalue weighted by Gasteiger charge is -2.31. The molecule has 1 aliphatic heterocycles. The van der Waals surface area contributed by atoms with Crippen LogP contribution in [0.25, 0.3) is 10.8 Å². The minimum Gasteiger partial charge on any atom is -0.497 e. The number of amides is 11. The monoisotopic (exact) mass is 1480 g/mol. The number of primary amides is 1. The number of hydrogen-bond donors (Lipinski definition) is 17. The number of carbonyl (C=O) groups is 12. The molecule has 106 heavy (non-hydrogen) atoms. The molecule has 0 aliphatic carbocycles. The molecule has 0 unspecified atom stereocenters. The van der Waals surface area contributed by atoms with Crippen molar-refractivity contribution in [2.45, 2.75) is 165 Å². The maximum absolute atomic E-state index is 14.9. The number of guanidine groups is 2. The highest BCUT2D eigenvalue weighted by molar-refractivity contribution is 6.30. The number of likely N-dealkylation sites (tertiary alicyclic amines) is 1. The molecule has 4 aromatic carbocycles. The standard InChI is InChI=1S/C73H97ClN18O14/c1-41(2)34-55(65(99)87-54(16-10-32-82-73(78)79)71(105)92-33-11-17-60(92)70(104)83-42(3)62(75)96)88-64(98)53(28-29-61(95)48-22-26-51(106-5)27-23-48)86-63(97)52(15-9-31-81-72(76)77)85-69(103)59(40-93)91-68(102)57(36-44-19-24-50(74)25-20-44)89-67(101)58(38-46-12-8-30-80-39-46)90-66(100)56(84-43(4)94)37-45-18-21-47-13-6-7-14-49(47)35-45/h6-8,12-14,18-27,30,35,39,41-42,52-60,93H,9-11,15-17,28-29,31-34,36-38,40H2,1-5H3,(H2,75,96)(H,83,104)(H,84,94)(H,85,103)(H,86,97)(H,87,99)(H,88,98)(H,89,101)(H,90,100)(H,91,102)(H4,76,77,81)(H4,78,79,82)/t42-,52+,53-,54+,55+,56-,57-,58-,59+,60+/m1/s1. The van der Waals surface area contributed by atoms with Gasteiger partial charge in [0.15, 0.2) is 17.7 Å². The lowest BCUT2D eigenvalue weighted by atomic mass is 9.99. The zero-order valence-corrected chi connectivity index (χ0v) is 60.6. The van der Waals surface area contributed by atoms with Crippen LogP contribution in [0.3, 0.4) is 0 Å². The Bertz CT molecular complexity index is 3910. The lowest BCUT2D eigenvalue weighted by Crippen LogP contribution is -2.61. The van der Waals surface area contributed by atoms with E-state index >= 15 is 0 Å². The maximum Gasteiger partial charge on any atom is 0.245 e. The van der Waals surface area contributed by atoms with Crippen LogP contribution in [0.1, 0.15) is 113 Å². The number of fused-ring (bicyclic) bond motifs is 1. The van der Waals surface area contributed by atoms with Gasteiger partial charge in [-0.2, -0.15) is 0 Å². The van der Waals surface area contributed by atoms with Crippen LogP contribution in [0.15, 0.2) is 116 Å². The number of ether oxygens (including phenoxy) is 1. The summed E-state index contributed by atoms with van der Waals surface area (Å²) in [6.07, 6.45) is 2.24. The van der Waals surface area contributed by atoms with Gasteiger partial charge in [0.2, 0.25) is 65.0 Å². The van der Waals surface area contributed by atoms with Gasteiger partial charge in [0.25, 0.3) is 0 Å². The Labute approximate surface area is 619 Å². The first-order chi connectivity index (χ1) is 50.5. The van der Waals surface area contributed by atoms with Gasteiger partial charge in [0.1, 0.15) is 66.2 Å². The molecule has 2 heterocycles. The van der Waals surface area contributed by atoms with E-state index in [4.69, 9.17) is 44.4 Å². The molecule has 33 heteroatoms. The Morgan fingerprint density at radius 1 is 0.575 bits per heavy atom. The number of methoxy groups -OCH3 is 1. The molecule has 1 saturated heterocycles. The molecule has 1 aromatic heterocycles. The summed E-state index contributed by atoms with van der Waals surface area (Å²) in [5.74, 6) is -10.4. The number of rotatable bonds is 41. The number of nitrogens with one attached hydrogen (secondary N) is 13. The molecule has 0 bridgehead atoms. The van der Waals surface area contributed by atoms with E-state index in [1.807, 2.05) is 42.5 Å². The number of carbonyl (C=O) groups excluding carboxylic acids is 12. The average molecular weight is 1490 g/mol. The number of nitrogens with zero attached hydrogens (tertiary/aromatic N) is 2. The Balaban J connectivity index is 1.28. The summed E-state index contributed by atoms with van der Waals surface area (Å²) in [5.41, 5.74) is 18.4. The minimum absolute atomic E-state index is 0.0124. The fourth-order valence-electron chi connectivity index (χ4n) is 11.8. The third kappa shape index (κ3) is 27.1. The van der Waals surface area contributed by atoms with Crippen LogP contribution in [-0.4, -0.2) is 191 Å². The molecule has 6 rings (SSSR count). The first kappa shape index (κ1) is 83.7. The van der Waals surface area contributed by atoms with Gasteiger partial charge in [-0.3, -0.25) is 73.3 Å². The zero-order chi connectivity index (χ0) is 77.6. The minimum atomic E-state index is -1.86. The number of ketones is 1. The Kier molecular flexibility index (Phi) is 33.0. The van der Waals surface area contributed by atoms with Crippen LogP contribution in [0.4, 0.5) is 0 Å². The summed E-state index contributed by atoms with van der Waals surface area (Å²) < 4.78 is 5.25. The predicted molar refractivity (Wildman–Crippen MR) is 395 cm³/mol. The molecule has 5 aromatic rings. The number of benzene rings is 4. The highest BCUT2D eigenvalue weighted by Crippen LogP contribution is 2.23. The van der Waals surface area contributed by atoms with Crippen molar-refractivity contribution in [3.8, 4) is 5.75 Å². The second-order valence-corrected chi connectivity index (χ2v) is 26.7. The summed E-state index contributed by atoms with van der Waals surface area (Å²) in [7, 11) is 1.44. The van der Waals surface area contributed by atoms with E-state index in [2.05, 4.69) is 63.5 Å². The number of aliphatic hydroxyl groups excluding tert-OH is 1. The van der Waals surface area contributed by atoms with E-state index in [1.165, 1.54) is 50.4 Å². The van der Waals surface area contributed by atoms with Crippen LogP contribution in [0.5, 0.6) is 5.75 Å². The van der Waals surface area contributed by atoms with Crippen LogP contribution in [-0.2, 0) is 72.0 Å². The number of nitrogens with two attached hydrogens (primary N) is 3. The van der Waals surface area contributed by atoms with E-state index in [-0.39, 0.29) is 101 Å². The summed E-state index contributed by atoms with van der Waals surface area (Å²) in [4.78, 5) is 175. The first-order valence-electron chi connectivity index (χ1n) is 34.9. The van der Waals surface area contributed by atoms with Gasteiger partial charge in [-0.15, -0.1) is 0 Å². The number of aliphatic hydroxyl groups is 1. The number of halogens is 1. The van der Waals surface area contributed by atoms with E-state index < -0.39 is 150 Å². The van der Waals surface area contributed by atoms with Crippen molar-refractivity contribution < 1.29 is 67.4 Å². The summed E-state index contributed by atoms with van der Waals surface area (Å²) in [6.45, 7) is 5.24. The molecule has 0 spiro atoms. The number of Topliss-reactive ketones (excluding diaryl/α,β-unsaturated/α-hetero) is 1. The van der Waals surface area contributed by atoms with Gasteiger partial charge in [-0.05, 0) is 134 Å². The second kappa shape index (κ2) is 41.9. The number of pyridine rings is 1. The highest BCUT2D eigenvalue weighted by Gasteiger charge is 2.40. The molecule has 0 saturated carbocycles. The second-order valence-electron chi connectivity index (χ2n) is 26.3. The SMILES string of the molecule is COc1ccc(C(=O)CC[C@@H](NC(=O)[C@H](CCCNC(=N)N)NC(=O)[C@H](CO)NC(=O)[C@@H](Cc2ccc(Cl)cc2)NC(=O)[C@@H](Cc2cccnc2)NC(=O)[C@@H](Cc2ccc3ccccc3c2)NC(C)=O)C(=O)N[C@@H](CC(C)C)C(=O)N[C@@H](CCCNC(=N)N)C(=O)N2CCC[C@H]2C(=O)N[C@H](C)C(N)=O)cc1. The van der Waals surface area contributed by atoms with Gasteiger partial charge in [-0.1, -0.05) is 86.1 Å². The van der Waals surface area contributed by atoms with Gasteiger partial charge in [-0.25, -0.2) is 0 Å². The van der Waals surface area contributed by atoms with Gasteiger partial charge < -0.3 is 90.4 Å². The van der Waals surface area contributed by atoms with E-state index in [0.717, 1.165) is 10.8 Å². The van der Waals surface area contributed by atoms with Crippen molar-refractivity contribution in [2.75, 3.05) is 33.4 Å². The van der Waals surface area contributed by atoms with Gasteiger partial charge >= 0.3 is 0 Å². The summed E-state index contributed by atoms with van der Waals surface area (Å²) >= 11 is 6.25. The van der Waals surface area contributed by atoms with Gasteiger partial charge in [0, 0.05) is 75.2 Å². The molecular weight excluding hydrogens is 1390 g/mol. The number of hydrogen-bond acceptors (Lipinski definition) is 17. The predicted octanol–water partition coefficient (Wildman–Crippen LogP) is 0.0320. The smallest absolute Gasteiger partial charge is 0.245 e. The molecule has 11 amide bonds. The van der Waals surface area contributed by atoms with Crippen LogP contribution < -0.4 is 80.4 Å².